The Balaban J connectivity index is 2.13. The highest BCUT2D eigenvalue weighted by molar-refractivity contribution is 5.76. The molecule has 1 saturated carbocycles. The van der Waals surface area contributed by atoms with Crippen LogP contribution in [0, 0.1) is 5.92 Å². The number of nitrogens with two attached hydrogens (primary N) is 1. The number of hydrogen-bond acceptors (Lipinski definition) is 3. The van der Waals surface area contributed by atoms with Crippen molar-refractivity contribution in [1.82, 2.24) is 10.2 Å². The van der Waals surface area contributed by atoms with Crippen LogP contribution in [0.3, 0.4) is 0 Å². The number of hydrogen-bond donors (Lipinski definition) is 2. The zero-order chi connectivity index (χ0) is 11.3. The second-order valence-corrected chi connectivity index (χ2v) is 4.48. The van der Waals surface area contributed by atoms with Gasteiger partial charge in [0, 0.05) is 26.1 Å². The minimum atomic E-state index is 0.0873. The molecule has 4 heteroatoms. The van der Waals surface area contributed by atoms with Crippen molar-refractivity contribution < 1.29 is 4.79 Å². The summed E-state index contributed by atoms with van der Waals surface area (Å²) < 4.78 is 0. The summed E-state index contributed by atoms with van der Waals surface area (Å²) >= 11 is 0. The van der Waals surface area contributed by atoms with Gasteiger partial charge in [0.15, 0.2) is 0 Å². The Morgan fingerprint density at radius 1 is 1.60 bits per heavy atom. The molecule has 0 radical (unpaired) electrons. The lowest BCUT2D eigenvalue weighted by Crippen LogP contribution is -2.35. The van der Waals surface area contributed by atoms with E-state index >= 15 is 0 Å². The quantitative estimate of drug-likeness (QED) is 0.593. The first-order valence-corrected chi connectivity index (χ1v) is 5.79. The number of rotatable bonds is 7. The van der Waals surface area contributed by atoms with Crippen molar-refractivity contribution in [2.75, 3.05) is 27.2 Å². The lowest BCUT2D eigenvalue weighted by atomic mass is 10.1. The van der Waals surface area contributed by atoms with Gasteiger partial charge in [0.2, 0.25) is 5.91 Å². The summed E-state index contributed by atoms with van der Waals surface area (Å²) in [6.45, 7) is 1.77. The van der Waals surface area contributed by atoms with Crippen molar-refractivity contribution in [3.05, 3.63) is 0 Å². The highest BCUT2D eigenvalue weighted by Crippen LogP contribution is 2.32. The average Bonchev–Trinajstić information content (AvgIpc) is 3.00. The molecule has 1 aliphatic carbocycles. The van der Waals surface area contributed by atoms with Crippen molar-refractivity contribution in [2.45, 2.75) is 31.7 Å². The van der Waals surface area contributed by atoms with Crippen LogP contribution in [0.2, 0.25) is 0 Å². The van der Waals surface area contributed by atoms with Gasteiger partial charge in [0.1, 0.15) is 0 Å². The Hall–Kier alpha value is -0.610. The highest BCUT2D eigenvalue weighted by Gasteiger charge is 2.30. The van der Waals surface area contributed by atoms with E-state index < -0.39 is 0 Å². The van der Waals surface area contributed by atoms with Crippen LogP contribution in [0.1, 0.15) is 25.7 Å². The molecule has 0 bridgehead atoms. The van der Waals surface area contributed by atoms with Crippen LogP contribution < -0.4 is 11.1 Å². The molecule has 1 rings (SSSR count). The van der Waals surface area contributed by atoms with Crippen LogP contribution in [0.15, 0.2) is 0 Å². The van der Waals surface area contributed by atoms with Crippen LogP contribution in [-0.4, -0.2) is 44.0 Å². The molecule has 88 valence electrons. The fourth-order valence-electron chi connectivity index (χ4n) is 1.67. The molecule has 15 heavy (non-hydrogen) atoms. The van der Waals surface area contributed by atoms with E-state index in [1.54, 1.807) is 4.90 Å². The van der Waals surface area contributed by atoms with Crippen LogP contribution in [-0.2, 0) is 4.79 Å². The minimum absolute atomic E-state index is 0.0873. The second kappa shape index (κ2) is 6.08. The fraction of sp³-hybridized carbons (Fsp3) is 0.909. The number of nitrogens with one attached hydrogen (secondary N) is 1. The standard InChI is InChI=1S/C11H23N3O/c1-13-6-3-7-14(2)11(15)8-10(12)9-4-5-9/h9-10,13H,3-8,12H2,1-2H3. The number of nitrogens with zero attached hydrogens (tertiary/aromatic N) is 1. The molecule has 1 amide bonds. The molecule has 1 unspecified atom stereocenters. The number of amides is 1. The van der Waals surface area contributed by atoms with Crippen molar-refractivity contribution in [1.29, 1.82) is 0 Å². The molecule has 0 saturated heterocycles. The van der Waals surface area contributed by atoms with Crippen LogP contribution >= 0.6 is 0 Å². The fourth-order valence-corrected chi connectivity index (χ4v) is 1.67. The summed E-state index contributed by atoms with van der Waals surface area (Å²) in [5, 5.41) is 3.07. The molecular weight excluding hydrogens is 190 g/mol. The van der Waals surface area contributed by atoms with Crippen molar-refractivity contribution in [3.63, 3.8) is 0 Å². The first kappa shape index (κ1) is 12.5. The summed E-state index contributed by atoms with van der Waals surface area (Å²) in [7, 11) is 3.78. The van der Waals surface area contributed by atoms with E-state index in [2.05, 4.69) is 5.32 Å². The largest absolute Gasteiger partial charge is 0.346 e. The Kier molecular flexibility index (Phi) is 5.05. The Morgan fingerprint density at radius 3 is 2.80 bits per heavy atom. The lowest BCUT2D eigenvalue weighted by Gasteiger charge is -2.19. The minimum Gasteiger partial charge on any atom is -0.346 e. The molecule has 1 fully saturated rings. The van der Waals surface area contributed by atoms with E-state index in [-0.39, 0.29) is 11.9 Å². The summed E-state index contributed by atoms with van der Waals surface area (Å²) in [6.07, 6.45) is 3.92. The normalized spacial score (nSPS) is 17.5. The maximum Gasteiger partial charge on any atom is 0.223 e. The number of carbonyl (C=O) groups is 1. The van der Waals surface area contributed by atoms with Gasteiger partial charge < -0.3 is 16.0 Å². The van der Waals surface area contributed by atoms with Gasteiger partial charge in [0.05, 0.1) is 0 Å². The van der Waals surface area contributed by atoms with E-state index in [0.717, 1.165) is 19.5 Å². The highest BCUT2D eigenvalue weighted by atomic mass is 16.2. The van der Waals surface area contributed by atoms with E-state index in [1.165, 1.54) is 12.8 Å². The molecule has 0 aromatic rings. The summed E-state index contributed by atoms with van der Waals surface area (Å²) in [6, 6.07) is 0.0873. The molecule has 3 N–H and O–H groups in total. The first-order chi connectivity index (χ1) is 7.15. The number of carbonyl (C=O) groups excluding carboxylic acids is 1. The second-order valence-electron chi connectivity index (χ2n) is 4.48. The third-order valence-electron chi connectivity index (χ3n) is 2.98. The van der Waals surface area contributed by atoms with Gasteiger partial charge in [-0.3, -0.25) is 4.79 Å². The Bertz CT molecular complexity index is 204. The van der Waals surface area contributed by atoms with Gasteiger partial charge >= 0.3 is 0 Å². The molecular formula is C11H23N3O. The van der Waals surface area contributed by atoms with Crippen molar-refractivity contribution in [3.8, 4) is 0 Å². The maximum absolute atomic E-state index is 11.7. The van der Waals surface area contributed by atoms with Crippen molar-refractivity contribution >= 4 is 5.91 Å². The summed E-state index contributed by atoms with van der Waals surface area (Å²) in [5.41, 5.74) is 5.91. The van der Waals surface area contributed by atoms with Gasteiger partial charge in [0.25, 0.3) is 0 Å². The SMILES string of the molecule is CNCCCN(C)C(=O)CC(N)C1CC1. The van der Waals surface area contributed by atoms with E-state index in [9.17, 15) is 4.79 Å². The predicted octanol–water partition coefficient (Wildman–Crippen LogP) is 0.182. The predicted molar refractivity (Wildman–Crippen MR) is 61.5 cm³/mol. The summed E-state index contributed by atoms with van der Waals surface area (Å²) in [5.74, 6) is 0.796. The lowest BCUT2D eigenvalue weighted by molar-refractivity contribution is -0.130. The molecule has 0 heterocycles. The molecule has 0 aromatic carbocycles. The topological polar surface area (TPSA) is 58.4 Å². The Morgan fingerprint density at radius 2 is 2.27 bits per heavy atom. The van der Waals surface area contributed by atoms with Gasteiger partial charge in [-0.05, 0) is 38.8 Å². The van der Waals surface area contributed by atoms with Gasteiger partial charge in [-0.15, -0.1) is 0 Å². The maximum atomic E-state index is 11.7. The zero-order valence-corrected chi connectivity index (χ0v) is 9.83. The Labute approximate surface area is 92.2 Å². The average molecular weight is 213 g/mol. The van der Waals surface area contributed by atoms with Gasteiger partial charge in [-0.2, -0.15) is 0 Å². The molecule has 1 aliphatic rings. The first-order valence-electron chi connectivity index (χ1n) is 5.79. The third kappa shape index (κ3) is 4.62. The molecule has 0 spiro atoms. The van der Waals surface area contributed by atoms with Crippen LogP contribution in [0.4, 0.5) is 0 Å². The molecule has 1 atom stereocenters. The third-order valence-corrected chi connectivity index (χ3v) is 2.98. The zero-order valence-electron chi connectivity index (χ0n) is 9.83. The van der Waals surface area contributed by atoms with Crippen molar-refractivity contribution in [2.24, 2.45) is 11.7 Å². The van der Waals surface area contributed by atoms with E-state index in [4.69, 9.17) is 5.73 Å². The van der Waals surface area contributed by atoms with Crippen LogP contribution in [0.25, 0.3) is 0 Å². The van der Waals surface area contributed by atoms with E-state index in [0.29, 0.717) is 12.3 Å². The van der Waals surface area contributed by atoms with Crippen LogP contribution in [0.5, 0.6) is 0 Å². The monoisotopic (exact) mass is 213 g/mol. The summed E-state index contributed by atoms with van der Waals surface area (Å²) in [4.78, 5) is 13.5. The molecule has 0 aromatic heterocycles. The van der Waals surface area contributed by atoms with Gasteiger partial charge in [-0.1, -0.05) is 0 Å². The molecule has 4 nitrogen and oxygen atoms in total. The van der Waals surface area contributed by atoms with E-state index in [1.807, 2.05) is 14.1 Å². The van der Waals surface area contributed by atoms with Gasteiger partial charge in [-0.25, -0.2) is 0 Å². The smallest absolute Gasteiger partial charge is 0.223 e. The molecule has 0 aliphatic heterocycles.